The van der Waals surface area contributed by atoms with E-state index in [0.717, 1.165) is 56.0 Å². The van der Waals surface area contributed by atoms with Crippen LogP contribution in [0.3, 0.4) is 0 Å². The summed E-state index contributed by atoms with van der Waals surface area (Å²) in [5.41, 5.74) is 1.96. The second kappa shape index (κ2) is 5.21. The summed E-state index contributed by atoms with van der Waals surface area (Å²) in [6.45, 7) is 3.47. The van der Waals surface area contributed by atoms with Crippen LogP contribution in [0.25, 0.3) is 0 Å². The van der Waals surface area contributed by atoms with Crippen molar-refractivity contribution in [1.82, 2.24) is 10.2 Å². The number of benzene rings is 1. The number of hydrogen-bond acceptors (Lipinski definition) is 3. The summed E-state index contributed by atoms with van der Waals surface area (Å²) in [6.07, 6.45) is 2.01. The van der Waals surface area contributed by atoms with Crippen molar-refractivity contribution in [2.24, 2.45) is 5.92 Å². The fourth-order valence-corrected chi connectivity index (χ4v) is 2.97. The summed E-state index contributed by atoms with van der Waals surface area (Å²) in [7, 11) is 1.96. The van der Waals surface area contributed by atoms with Gasteiger partial charge in [-0.25, -0.2) is 0 Å². The Hall–Kier alpha value is -1.55. The minimum Gasteiger partial charge on any atom is -0.493 e. The summed E-state index contributed by atoms with van der Waals surface area (Å²) >= 11 is 0. The predicted octanol–water partition coefficient (Wildman–Crippen LogP) is 1.30. The standard InChI is InChI=1S/C15H20N2O2/c1-16-9-11-4-6-17(10-11)15(18)13-2-3-14-12(8-13)5-7-19-14/h2-3,8,11,16H,4-7,9-10H2,1H3. The van der Waals surface area contributed by atoms with Crippen molar-refractivity contribution < 1.29 is 9.53 Å². The Morgan fingerprint density at radius 1 is 1.53 bits per heavy atom. The smallest absolute Gasteiger partial charge is 0.253 e. The van der Waals surface area contributed by atoms with Crippen molar-refractivity contribution >= 4 is 5.91 Å². The average molecular weight is 260 g/mol. The van der Waals surface area contributed by atoms with Gasteiger partial charge >= 0.3 is 0 Å². The van der Waals surface area contributed by atoms with Crippen molar-refractivity contribution in [3.8, 4) is 5.75 Å². The van der Waals surface area contributed by atoms with E-state index in [2.05, 4.69) is 5.32 Å². The van der Waals surface area contributed by atoms with Crippen molar-refractivity contribution in [2.45, 2.75) is 12.8 Å². The van der Waals surface area contributed by atoms with E-state index in [-0.39, 0.29) is 5.91 Å². The minimum atomic E-state index is 0.160. The average Bonchev–Trinajstić information content (AvgIpc) is 3.05. The first-order chi connectivity index (χ1) is 9.28. The maximum Gasteiger partial charge on any atom is 0.253 e. The molecule has 102 valence electrons. The fraction of sp³-hybridized carbons (Fsp3) is 0.533. The number of nitrogens with one attached hydrogen (secondary N) is 1. The molecule has 0 radical (unpaired) electrons. The molecule has 2 aliphatic rings. The molecule has 0 saturated carbocycles. The number of likely N-dealkylation sites (tertiary alicyclic amines) is 1. The van der Waals surface area contributed by atoms with Crippen LogP contribution in [-0.2, 0) is 6.42 Å². The lowest BCUT2D eigenvalue weighted by Gasteiger charge is -2.17. The lowest BCUT2D eigenvalue weighted by atomic mass is 10.1. The molecule has 0 spiro atoms. The molecule has 1 unspecified atom stereocenters. The predicted molar refractivity (Wildman–Crippen MR) is 73.6 cm³/mol. The molecule has 1 fully saturated rings. The summed E-state index contributed by atoms with van der Waals surface area (Å²) in [5, 5.41) is 3.19. The molecule has 4 nitrogen and oxygen atoms in total. The highest BCUT2D eigenvalue weighted by Gasteiger charge is 2.27. The van der Waals surface area contributed by atoms with Crippen molar-refractivity contribution in [1.29, 1.82) is 0 Å². The van der Waals surface area contributed by atoms with Crippen LogP contribution < -0.4 is 10.1 Å². The minimum absolute atomic E-state index is 0.160. The number of hydrogen-bond donors (Lipinski definition) is 1. The van der Waals surface area contributed by atoms with Gasteiger partial charge in [0.1, 0.15) is 5.75 Å². The monoisotopic (exact) mass is 260 g/mol. The van der Waals surface area contributed by atoms with Crippen molar-refractivity contribution in [3.63, 3.8) is 0 Å². The number of nitrogens with zero attached hydrogens (tertiary/aromatic N) is 1. The maximum absolute atomic E-state index is 12.5. The summed E-state index contributed by atoms with van der Waals surface area (Å²) < 4.78 is 5.47. The van der Waals surface area contributed by atoms with E-state index in [1.54, 1.807) is 0 Å². The number of fused-ring (bicyclic) bond motifs is 1. The highest BCUT2D eigenvalue weighted by atomic mass is 16.5. The molecule has 1 amide bonds. The quantitative estimate of drug-likeness (QED) is 0.891. The zero-order valence-corrected chi connectivity index (χ0v) is 11.3. The zero-order chi connectivity index (χ0) is 13.2. The molecule has 1 aromatic carbocycles. The Balaban J connectivity index is 1.71. The Kier molecular flexibility index (Phi) is 3.42. The molecule has 0 aromatic heterocycles. The van der Waals surface area contributed by atoms with E-state index >= 15 is 0 Å². The molecule has 0 bridgehead atoms. The largest absolute Gasteiger partial charge is 0.493 e. The summed E-state index contributed by atoms with van der Waals surface area (Å²) in [5.74, 6) is 1.69. The van der Waals surface area contributed by atoms with Crippen LogP contribution in [-0.4, -0.2) is 44.1 Å². The normalized spacial score (nSPS) is 21.3. The first-order valence-corrected chi connectivity index (χ1v) is 6.97. The second-order valence-corrected chi connectivity index (χ2v) is 5.38. The van der Waals surface area contributed by atoms with Gasteiger partial charge in [0.05, 0.1) is 6.61 Å². The summed E-state index contributed by atoms with van der Waals surface area (Å²) in [6, 6.07) is 5.81. The van der Waals surface area contributed by atoms with Gasteiger partial charge in [-0.3, -0.25) is 4.79 Å². The molecule has 1 aromatic rings. The molecular formula is C15H20N2O2. The highest BCUT2D eigenvalue weighted by Crippen LogP contribution is 2.27. The summed E-state index contributed by atoms with van der Waals surface area (Å²) in [4.78, 5) is 14.4. The first-order valence-electron chi connectivity index (χ1n) is 6.97. The van der Waals surface area contributed by atoms with Crippen molar-refractivity contribution in [3.05, 3.63) is 29.3 Å². The Labute approximate surface area is 113 Å². The van der Waals surface area contributed by atoms with Crippen LogP contribution in [0.5, 0.6) is 5.75 Å². The number of ether oxygens (including phenoxy) is 1. The zero-order valence-electron chi connectivity index (χ0n) is 11.3. The number of carbonyl (C=O) groups is 1. The van der Waals surface area contributed by atoms with E-state index in [1.807, 2.05) is 30.1 Å². The van der Waals surface area contributed by atoms with Crippen LogP contribution in [0.4, 0.5) is 0 Å². The van der Waals surface area contributed by atoms with E-state index < -0.39 is 0 Å². The lowest BCUT2D eigenvalue weighted by Crippen LogP contribution is -2.30. The van der Waals surface area contributed by atoms with Gasteiger partial charge in [0, 0.05) is 25.1 Å². The Morgan fingerprint density at radius 3 is 3.26 bits per heavy atom. The molecule has 1 saturated heterocycles. The van der Waals surface area contributed by atoms with Gasteiger partial charge in [0.25, 0.3) is 5.91 Å². The van der Waals surface area contributed by atoms with E-state index in [9.17, 15) is 4.79 Å². The van der Waals surface area contributed by atoms with Gasteiger partial charge in [-0.2, -0.15) is 0 Å². The molecule has 2 heterocycles. The van der Waals surface area contributed by atoms with Gasteiger partial charge in [0.2, 0.25) is 0 Å². The third-order valence-electron chi connectivity index (χ3n) is 4.00. The number of amides is 1. The maximum atomic E-state index is 12.5. The van der Waals surface area contributed by atoms with Crippen LogP contribution in [0.2, 0.25) is 0 Å². The third-order valence-corrected chi connectivity index (χ3v) is 4.00. The molecule has 19 heavy (non-hydrogen) atoms. The second-order valence-electron chi connectivity index (χ2n) is 5.38. The number of carbonyl (C=O) groups excluding carboxylic acids is 1. The van der Waals surface area contributed by atoms with Crippen LogP contribution in [0.15, 0.2) is 18.2 Å². The molecule has 1 atom stereocenters. The first kappa shape index (κ1) is 12.5. The van der Waals surface area contributed by atoms with E-state index in [4.69, 9.17) is 4.74 Å². The van der Waals surface area contributed by atoms with Gasteiger partial charge < -0.3 is 15.0 Å². The molecule has 0 aliphatic carbocycles. The molecular weight excluding hydrogens is 240 g/mol. The highest BCUT2D eigenvalue weighted by molar-refractivity contribution is 5.94. The van der Waals surface area contributed by atoms with Crippen LogP contribution >= 0.6 is 0 Å². The SMILES string of the molecule is CNCC1CCN(C(=O)c2ccc3c(c2)CCO3)C1. The molecule has 3 rings (SSSR count). The fourth-order valence-electron chi connectivity index (χ4n) is 2.97. The van der Waals surface area contributed by atoms with Gasteiger partial charge in [-0.1, -0.05) is 0 Å². The van der Waals surface area contributed by atoms with E-state index in [1.165, 1.54) is 0 Å². The van der Waals surface area contributed by atoms with Crippen LogP contribution in [0, 0.1) is 5.92 Å². The van der Waals surface area contributed by atoms with Gasteiger partial charge in [0.15, 0.2) is 0 Å². The van der Waals surface area contributed by atoms with Crippen molar-refractivity contribution in [2.75, 3.05) is 33.3 Å². The Morgan fingerprint density at radius 2 is 2.42 bits per heavy atom. The molecule has 4 heteroatoms. The van der Waals surface area contributed by atoms with Crippen LogP contribution in [0.1, 0.15) is 22.3 Å². The lowest BCUT2D eigenvalue weighted by molar-refractivity contribution is 0.0787. The Bertz CT molecular complexity index is 487. The number of rotatable bonds is 3. The molecule has 1 N–H and O–H groups in total. The third kappa shape index (κ3) is 2.45. The topological polar surface area (TPSA) is 41.6 Å². The van der Waals surface area contributed by atoms with Gasteiger partial charge in [-0.15, -0.1) is 0 Å². The van der Waals surface area contributed by atoms with Gasteiger partial charge in [-0.05, 0) is 49.7 Å². The molecule has 2 aliphatic heterocycles. The van der Waals surface area contributed by atoms with E-state index in [0.29, 0.717) is 5.92 Å².